The number of hydrogen-bond donors (Lipinski definition) is 2. The fraction of sp³-hybridized carbons (Fsp3) is 0.294. The molecule has 114 valence electrons. The average molecular weight is 297 g/mol. The van der Waals surface area contributed by atoms with Crippen molar-refractivity contribution in [1.82, 2.24) is 4.98 Å². The van der Waals surface area contributed by atoms with Gasteiger partial charge in [0, 0.05) is 37.9 Å². The van der Waals surface area contributed by atoms with Crippen LogP contribution < -0.4 is 10.2 Å². The molecule has 5 heteroatoms. The molecule has 0 aliphatic carbocycles. The smallest absolute Gasteiger partial charge is 0.337 e. The van der Waals surface area contributed by atoms with Gasteiger partial charge < -0.3 is 15.3 Å². The number of fused-ring (bicyclic) bond motifs is 1. The predicted octanol–water partition coefficient (Wildman–Crippen LogP) is 2.82. The third kappa shape index (κ3) is 2.74. The fourth-order valence-corrected chi connectivity index (χ4v) is 2.97. The Morgan fingerprint density at radius 1 is 1.41 bits per heavy atom. The number of carbonyl (C=O) groups is 1. The molecule has 2 N–H and O–H groups in total. The van der Waals surface area contributed by atoms with Gasteiger partial charge >= 0.3 is 5.97 Å². The maximum absolute atomic E-state index is 11.2. The second-order valence-electron chi connectivity index (χ2n) is 5.57. The Morgan fingerprint density at radius 3 is 3.05 bits per heavy atom. The molecule has 3 rings (SSSR count). The summed E-state index contributed by atoms with van der Waals surface area (Å²) < 4.78 is 0. The van der Waals surface area contributed by atoms with Gasteiger partial charge in [0.1, 0.15) is 0 Å². The molecule has 1 unspecified atom stereocenters. The van der Waals surface area contributed by atoms with Crippen LogP contribution in [0.3, 0.4) is 0 Å². The number of anilines is 2. The van der Waals surface area contributed by atoms with Gasteiger partial charge in [0.05, 0.1) is 17.4 Å². The molecule has 0 fully saturated rings. The Balaban J connectivity index is 1.78. The number of para-hydroxylation sites is 1. The topological polar surface area (TPSA) is 65.5 Å². The van der Waals surface area contributed by atoms with E-state index >= 15 is 0 Å². The Hall–Kier alpha value is -2.56. The van der Waals surface area contributed by atoms with Crippen molar-refractivity contribution < 1.29 is 9.90 Å². The molecule has 0 radical (unpaired) electrons. The van der Waals surface area contributed by atoms with Crippen LogP contribution in [0.4, 0.5) is 11.4 Å². The van der Waals surface area contributed by atoms with Crippen molar-refractivity contribution in [2.24, 2.45) is 0 Å². The molecule has 0 saturated carbocycles. The molecule has 0 amide bonds. The standard InChI is InChI=1S/C17H19N3O2/c1-20-9-7-12(13-4-2-3-5-16(13)20)10-19-15-11-18-8-6-14(15)17(21)22/h2-6,8,11-12,19H,7,9-10H2,1H3,(H,21,22). The predicted molar refractivity (Wildman–Crippen MR) is 86.8 cm³/mol. The number of carboxylic acids is 1. The fourth-order valence-electron chi connectivity index (χ4n) is 2.97. The quantitative estimate of drug-likeness (QED) is 0.908. The van der Waals surface area contributed by atoms with E-state index in [1.54, 1.807) is 6.20 Å². The largest absolute Gasteiger partial charge is 0.478 e. The van der Waals surface area contributed by atoms with Gasteiger partial charge in [-0.05, 0) is 24.1 Å². The highest BCUT2D eigenvalue weighted by atomic mass is 16.4. The Morgan fingerprint density at radius 2 is 2.23 bits per heavy atom. The summed E-state index contributed by atoms with van der Waals surface area (Å²) >= 11 is 0. The molecular formula is C17H19N3O2. The summed E-state index contributed by atoms with van der Waals surface area (Å²) in [6.07, 6.45) is 4.12. The van der Waals surface area contributed by atoms with E-state index < -0.39 is 5.97 Å². The molecule has 1 aliphatic rings. The summed E-state index contributed by atoms with van der Waals surface area (Å²) in [5.74, 6) is -0.567. The number of nitrogens with zero attached hydrogens (tertiary/aromatic N) is 2. The lowest BCUT2D eigenvalue weighted by Gasteiger charge is -2.33. The SMILES string of the molecule is CN1CCC(CNc2cnccc2C(=O)O)c2ccccc21. The molecule has 0 spiro atoms. The van der Waals surface area contributed by atoms with Crippen LogP contribution in [0.15, 0.2) is 42.7 Å². The minimum atomic E-state index is -0.936. The summed E-state index contributed by atoms with van der Waals surface area (Å²) in [5, 5.41) is 12.5. The lowest BCUT2D eigenvalue weighted by atomic mass is 9.90. The second-order valence-corrected chi connectivity index (χ2v) is 5.57. The maximum Gasteiger partial charge on any atom is 0.337 e. The molecule has 22 heavy (non-hydrogen) atoms. The van der Waals surface area contributed by atoms with E-state index in [1.165, 1.54) is 23.5 Å². The molecule has 1 aliphatic heterocycles. The zero-order chi connectivity index (χ0) is 15.5. The molecule has 1 aromatic carbocycles. The lowest BCUT2D eigenvalue weighted by Crippen LogP contribution is -2.30. The molecule has 1 atom stereocenters. The minimum Gasteiger partial charge on any atom is -0.478 e. The van der Waals surface area contributed by atoms with Crippen LogP contribution in [-0.4, -0.2) is 36.2 Å². The van der Waals surface area contributed by atoms with Crippen molar-refractivity contribution in [1.29, 1.82) is 0 Å². The molecule has 2 heterocycles. The van der Waals surface area contributed by atoms with E-state index in [9.17, 15) is 9.90 Å². The normalized spacial score (nSPS) is 17.0. The van der Waals surface area contributed by atoms with E-state index in [0.29, 0.717) is 18.2 Å². The van der Waals surface area contributed by atoms with Crippen LogP contribution in [0.1, 0.15) is 28.3 Å². The van der Waals surface area contributed by atoms with Gasteiger partial charge in [0.2, 0.25) is 0 Å². The molecule has 0 bridgehead atoms. The second kappa shape index (κ2) is 6.05. The Kier molecular flexibility index (Phi) is 3.96. The Bertz CT molecular complexity index is 687. The van der Waals surface area contributed by atoms with Crippen molar-refractivity contribution in [3.8, 4) is 0 Å². The van der Waals surface area contributed by atoms with Crippen molar-refractivity contribution in [2.45, 2.75) is 12.3 Å². The van der Waals surface area contributed by atoms with Crippen LogP contribution >= 0.6 is 0 Å². The maximum atomic E-state index is 11.2. The highest BCUT2D eigenvalue weighted by Crippen LogP contribution is 2.34. The van der Waals surface area contributed by atoms with E-state index in [0.717, 1.165) is 13.0 Å². The van der Waals surface area contributed by atoms with E-state index in [-0.39, 0.29) is 5.56 Å². The third-order valence-corrected chi connectivity index (χ3v) is 4.19. The van der Waals surface area contributed by atoms with Crippen LogP contribution in [-0.2, 0) is 0 Å². The molecule has 1 aromatic heterocycles. The number of nitrogens with one attached hydrogen (secondary N) is 1. The number of benzene rings is 1. The van der Waals surface area contributed by atoms with Crippen LogP contribution in [0.5, 0.6) is 0 Å². The molecule has 5 nitrogen and oxygen atoms in total. The van der Waals surface area contributed by atoms with Gasteiger partial charge in [0.15, 0.2) is 0 Å². The summed E-state index contributed by atoms with van der Waals surface area (Å²) in [5.41, 5.74) is 3.40. The molecule has 2 aromatic rings. The first-order valence-corrected chi connectivity index (χ1v) is 7.38. The van der Waals surface area contributed by atoms with Gasteiger partial charge in [-0.1, -0.05) is 18.2 Å². The van der Waals surface area contributed by atoms with Crippen LogP contribution in [0.2, 0.25) is 0 Å². The Labute approximate surface area is 129 Å². The van der Waals surface area contributed by atoms with Crippen molar-refractivity contribution in [3.63, 3.8) is 0 Å². The van der Waals surface area contributed by atoms with Crippen molar-refractivity contribution in [2.75, 3.05) is 30.4 Å². The summed E-state index contributed by atoms with van der Waals surface area (Å²) in [7, 11) is 2.10. The molecular weight excluding hydrogens is 278 g/mol. The number of aromatic nitrogens is 1. The van der Waals surface area contributed by atoms with Gasteiger partial charge in [-0.25, -0.2) is 4.79 Å². The van der Waals surface area contributed by atoms with Gasteiger partial charge in [-0.15, -0.1) is 0 Å². The molecule has 0 saturated heterocycles. The van der Waals surface area contributed by atoms with E-state index in [2.05, 4.69) is 46.5 Å². The zero-order valence-corrected chi connectivity index (χ0v) is 12.5. The third-order valence-electron chi connectivity index (χ3n) is 4.19. The van der Waals surface area contributed by atoms with Crippen molar-refractivity contribution in [3.05, 3.63) is 53.9 Å². The van der Waals surface area contributed by atoms with Crippen LogP contribution in [0, 0.1) is 0 Å². The van der Waals surface area contributed by atoms with Gasteiger partial charge in [-0.3, -0.25) is 4.98 Å². The average Bonchev–Trinajstić information content (AvgIpc) is 2.55. The van der Waals surface area contributed by atoms with Crippen molar-refractivity contribution >= 4 is 17.3 Å². The summed E-state index contributed by atoms with van der Waals surface area (Å²) in [4.78, 5) is 17.5. The highest BCUT2D eigenvalue weighted by Gasteiger charge is 2.23. The van der Waals surface area contributed by atoms with E-state index in [4.69, 9.17) is 0 Å². The first kappa shape index (κ1) is 14.4. The van der Waals surface area contributed by atoms with Crippen LogP contribution in [0.25, 0.3) is 0 Å². The van der Waals surface area contributed by atoms with Gasteiger partial charge in [0.25, 0.3) is 0 Å². The number of carboxylic acid groups (broad SMARTS) is 1. The first-order valence-electron chi connectivity index (χ1n) is 7.38. The monoisotopic (exact) mass is 297 g/mol. The zero-order valence-electron chi connectivity index (χ0n) is 12.5. The first-order chi connectivity index (χ1) is 10.7. The van der Waals surface area contributed by atoms with E-state index in [1.807, 2.05) is 0 Å². The number of hydrogen-bond acceptors (Lipinski definition) is 4. The van der Waals surface area contributed by atoms with Gasteiger partial charge in [-0.2, -0.15) is 0 Å². The lowest BCUT2D eigenvalue weighted by molar-refractivity contribution is 0.0698. The number of aromatic carboxylic acids is 1. The number of rotatable bonds is 4. The summed E-state index contributed by atoms with van der Waals surface area (Å²) in [6.45, 7) is 1.71. The number of pyridine rings is 1. The summed E-state index contributed by atoms with van der Waals surface area (Å²) in [6, 6.07) is 9.91. The minimum absolute atomic E-state index is 0.260. The highest BCUT2D eigenvalue weighted by molar-refractivity contribution is 5.93.